The lowest BCUT2D eigenvalue weighted by atomic mass is 9.83. The Morgan fingerprint density at radius 2 is 1.74 bits per heavy atom. The highest BCUT2D eigenvalue weighted by Crippen LogP contribution is 2.54. The number of imide groups is 1. The van der Waals surface area contributed by atoms with E-state index in [2.05, 4.69) is 10.3 Å². The number of aryl methyl sites for hydroxylation is 1. The molecule has 3 atom stereocenters. The van der Waals surface area contributed by atoms with E-state index in [4.69, 9.17) is 4.74 Å². The van der Waals surface area contributed by atoms with Crippen molar-refractivity contribution >= 4 is 52.2 Å². The molecule has 1 saturated heterocycles. The number of para-hydroxylation sites is 1. The Morgan fingerprint density at radius 3 is 2.47 bits per heavy atom. The van der Waals surface area contributed by atoms with E-state index in [1.807, 2.05) is 25.1 Å². The number of anilines is 2. The summed E-state index contributed by atoms with van der Waals surface area (Å²) in [5.41, 5.74) is 0.577. The number of rotatable bonds is 6. The maximum absolute atomic E-state index is 13.8. The van der Waals surface area contributed by atoms with Crippen molar-refractivity contribution in [2.24, 2.45) is 5.92 Å². The van der Waals surface area contributed by atoms with Gasteiger partial charge < -0.3 is 15.0 Å². The van der Waals surface area contributed by atoms with Crippen LogP contribution in [-0.4, -0.2) is 34.6 Å². The first-order valence-corrected chi connectivity index (χ1v) is 14.7. The van der Waals surface area contributed by atoms with Gasteiger partial charge in [-0.1, -0.05) is 59.5 Å². The average Bonchev–Trinajstić information content (AvgIpc) is 3.45. The van der Waals surface area contributed by atoms with Crippen LogP contribution >= 0.6 is 23.1 Å². The molecule has 220 valence electrons. The minimum Gasteiger partial charge on any atom is -0.484 e. The summed E-state index contributed by atoms with van der Waals surface area (Å²) in [6, 6.07) is 18.3. The predicted molar refractivity (Wildman–Crippen MR) is 156 cm³/mol. The number of H-pyrrole nitrogens is 1. The number of nitrogens with one attached hydrogen (secondary N) is 2. The number of thioether (sulfide) groups is 1. The number of aromatic nitrogens is 1. The summed E-state index contributed by atoms with van der Waals surface area (Å²) < 4.78 is 47.1. The van der Waals surface area contributed by atoms with Crippen LogP contribution in [0.2, 0.25) is 0 Å². The molecule has 0 saturated carbocycles. The van der Waals surface area contributed by atoms with Crippen LogP contribution in [0.25, 0.3) is 0 Å². The van der Waals surface area contributed by atoms with E-state index < -0.39 is 46.3 Å². The fraction of sp³-hybridized carbons (Fsp3) is 0.200. The molecule has 0 spiro atoms. The number of alkyl halides is 3. The molecule has 1 fully saturated rings. The number of carbonyl (C=O) groups is 3. The van der Waals surface area contributed by atoms with E-state index in [0.29, 0.717) is 31.8 Å². The predicted octanol–water partition coefficient (Wildman–Crippen LogP) is 5.58. The van der Waals surface area contributed by atoms with E-state index >= 15 is 0 Å². The van der Waals surface area contributed by atoms with Gasteiger partial charge in [-0.2, -0.15) is 13.2 Å². The molecule has 43 heavy (non-hydrogen) atoms. The number of benzene rings is 3. The van der Waals surface area contributed by atoms with Crippen molar-refractivity contribution in [1.82, 2.24) is 4.98 Å². The van der Waals surface area contributed by atoms with Crippen LogP contribution in [0.1, 0.15) is 27.5 Å². The number of nitrogens with zero attached hydrogens (tertiary/aromatic N) is 1. The average molecular weight is 626 g/mol. The van der Waals surface area contributed by atoms with Crippen LogP contribution in [0.3, 0.4) is 0 Å². The van der Waals surface area contributed by atoms with Crippen molar-refractivity contribution in [3.8, 4) is 5.75 Å². The van der Waals surface area contributed by atoms with E-state index in [-0.39, 0.29) is 17.4 Å². The zero-order chi connectivity index (χ0) is 30.5. The summed E-state index contributed by atoms with van der Waals surface area (Å²) >= 11 is 1.87. The summed E-state index contributed by atoms with van der Waals surface area (Å²) in [7, 11) is 0. The molecule has 13 heteroatoms. The van der Waals surface area contributed by atoms with Gasteiger partial charge in [0.25, 0.3) is 5.91 Å². The summed E-state index contributed by atoms with van der Waals surface area (Å²) in [5, 5.41) is 2.11. The lowest BCUT2D eigenvalue weighted by molar-refractivity contribution is -0.137. The molecule has 0 aliphatic carbocycles. The SMILES string of the molecule is Cc1cccc(NC(=O)COc2ccc([C@@H]3c4sc(=O)[nH]c4S[C@H]4C(=O)N(c5ccccc5C(F)(F)F)C(=O)[C@@H]34)cc2)c1. The van der Waals surface area contributed by atoms with Gasteiger partial charge in [-0.05, 0) is 54.4 Å². The van der Waals surface area contributed by atoms with Gasteiger partial charge >= 0.3 is 11.0 Å². The van der Waals surface area contributed by atoms with Crippen molar-refractivity contribution in [1.29, 1.82) is 0 Å². The number of ether oxygens (including phenoxy) is 1. The molecule has 0 bridgehead atoms. The number of amides is 3. The third-order valence-electron chi connectivity index (χ3n) is 7.19. The largest absolute Gasteiger partial charge is 0.484 e. The van der Waals surface area contributed by atoms with Gasteiger partial charge in [0.1, 0.15) is 11.0 Å². The Kier molecular flexibility index (Phi) is 7.38. The van der Waals surface area contributed by atoms with Crippen LogP contribution in [0.5, 0.6) is 5.75 Å². The quantitative estimate of drug-likeness (QED) is 0.271. The second-order valence-electron chi connectivity index (χ2n) is 10.1. The number of thiazole rings is 1. The zero-order valence-corrected chi connectivity index (χ0v) is 23.9. The third-order valence-corrected chi connectivity index (χ3v) is 9.59. The Hall–Kier alpha value is -4.36. The molecular weight excluding hydrogens is 603 g/mol. The molecule has 3 amide bonds. The molecular formula is C30H22F3N3O5S2. The Balaban J connectivity index is 1.27. The number of fused-ring (bicyclic) bond motifs is 2. The number of hydrogen-bond acceptors (Lipinski definition) is 7. The van der Waals surface area contributed by atoms with Gasteiger partial charge in [-0.15, -0.1) is 0 Å². The van der Waals surface area contributed by atoms with E-state index in [1.165, 1.54) is 12.1 Å². The van der Waals surface area contributed by atoms with Crippen molar-refractivity contribution in [2.75, 3.05) is 16.8 Å². The van der Waals surface area contributed by atoms with Crippen LogP contribution < -0.4 is 19.8 Å². The van der Waals surface area contributed by atoms with Crippen molar-refractivity contribution < 1.29 is 32.3 Å². The van der Waals surface area contributed by atoms with E-state index in [9.17, 15) is 32.3 Å². The topological polar surface area (TPSA) is 109 Å². The van der Waals surface area contributed by atoms with Crippen LogP contribution in [0.15, 0.2) is 82.6 Å². The summed E-state index contributed by atoms with van der Waals surface area (Å²) in [4.78, 5) is 55.5. The molecule has 3 aromatic carbocycles. The van der Waals surface area contributed by atoms with Crippen LogP contribution in [0, 0.1) is 12.8 Å². The van der Waals surface area contributed by atoms with Gasteiger partial charge in [0.05, 0.1) is 22.2 Å². The summed E-state index contributed by atoms with van der Waals surface area (Å²) in [6.07, 6.45) is -4.78. The van der Waals surface area contributed by atoms with E-state index in [1.54, 1.807) is 30.3 Å². The minimum absolute atomic E-state index is 0.262. The summed E-state index contributed by atoms with van der Waals surface area (Å²) in [6.45, 7) is 1.65. The number of hydrogen-bond donors (Lipinski definition) is 2. The Bertz CT molecular complexity index is 1800. The molecule has 8 nitrogen and oxygen atoms in total. The number of carbonyl (C=O) groups excluding carboxylic acids is 3. The highest BCUT2D eigenvalue weighted by molar-refractivity contribution is 8.00. The fourth-order valence-electron chi connectivity index (χ4n) is 5.36. The molecule has 2 aliphatic heterocycles. The zero-order valence-electron chi connectivity index (χ0n) is 22.3. The molecule has 2 aliphatic rings. The second-order valence-corrected chi connectivity index (χ2v) is 12.2. The summed E-state index contributed by atoms with van der Waals surface area (Å²) in [5.74, 6) is -3.38. The molecule has 3 heterocycles. The Labute approximate surface area is 250 Å². The number of aromatic amines is 1. The van der Waals surface area contributed by atoms with Gasteiger partial charge in [-0.25, -0.2) is 4.90 Å². The molecule has 6 rings (SSSR count). The first-order valence-electron chi connectivity index (χ1n) is 13.0. The van der Waals surface area contributed by atoms with Gasteiger partial charge in [-0.3, -0.25) is 19.2 Å². The molecule has 2 N–H and O–H groups in total. The van der Waals surface area contributed by atoms with Crippen molar-refractivity contribution in [3.63, 3.8) is 0 Å². The van der Waals surface area contributed by atoms with Crippen molar-refractivity contribution in [2.45, 2.75) is 29.3 Å². The lowest BCUT2D eigenvalue weighted by Gasteiger charge is -2.29. The molecule has 0 radical (unpaired) electrons. The Morgan fingerprint density at radius 1 is 1.00 bits per heavy atom. The van der Waals surface area contributed by atoms with Gasteiger partial charge in [0.2, 0.25) is 11.8 Å². The lowest BCUT2D eigenvalue weighted by Crippen LogP contribution is -2.33. The number of halogens is 3. The van der Waals surface area contributed by atoms with Gasteiger partial charge in [0, 0.05) is 16.5 Å². The molecule has 0 unspecified atom stereocenters. The first-order chi connectivity index (χ1) is 20.5. The minimum atomic E-state index is -4.78. The normalized spacial score (nSPS) is 19.6. The highest BCUT2D eigenvalue weighted by atomic mass is 32.2. The van der Waals surface area contributed by atoms with Gasteiger partial charge in [0.15, 0.2) is 6.61 Å². The standard InChI is InChI=1S/C30H22F3N3O5S2/c1-15-5-4-6-17(13-15)34-21(37)14-41-18-11-9-16(10-12-18)22-23-25(42-26-24(22)43-29(40)35-26)28(39)36(27(23)38)20-8-3-2-7-19(20)30(31,32)33/h2-13,22-23,25H,14H2,1H3,(H,34,37)(H,35,40)/t22-,23-,25+/m0/s1. The second kappa shape index (κ2) is 11.0. The third kappa shape index (κ3) is 5.45. The maximum Gasteiger partial charge on any atom is 0.418 e. The van der Waals surface area contributed by atoms with Crippen LogP contribution in [0.4, 0.5) is 24.5 Å². The smallest absolute Gasteiger partial charge is 0.418 e. The fourth-order valence-corrected chi connectivity index (χ4v) is 7.88. The monoisotopic (exact) mass is 625 g/mol. The van der Waals surface area contributed by atoms with Crippen molar-refractivity contribution in [3.05, 3.63) is 104 Å². The maximum atomic E-state index is 13.8. The van der Waals surface area contributed by atoms with E-state index in [0.717, 1.165) is 40.8 Å². The first kappa shape index (κ1) is 28.7. The van der Waals surface area contributed by atoms with Crippen LogP contribution in [-0.2, 0) is 20.6 Å². The highest BCUT2D eigenvalue weighted by Gasteiger charge is 2.57. The molecule has 1 aromatic heterocycles. The molecule has 4 aromatic rings.